The van der Waals surface area contributed by atoms with E-state index < -0.39 is 0 Å². The van der Waals surface area contributed by atoms with E-state index in [4.69, 9.17) is 21.6 Å². The van der Waals surface area contributed by atoms with Crippen molar-refractivity contribution in [2.24, 2.45) is 0 Å². The second-order valence-electron chi connectivity index (χ2n) is 7.02. The van der Waals surface area contributed by atoms with Crippen molar-refractivity contribution in [1.29, 1.82) is 0 Å². The van der Waals surface area contributed by atoms with Crippen LogP contribution in [0.4, 0.5) is 0 Å². The van der Waals surface area contributed by atoms with Crippen LogP contribution >= 0.6 is 11.6 Å². The molecule has 1 aromatic carbocycles. The van der Waals surface area contributed by atoms with Crippen molar-refractivity contribution in [2.45, 2.75) is 34.2 Å². The third-order valence-corrected chi connectivity index (χ3v) is 5.92. The van der Waals surface area contributed by atoms with Crippen molar-refractivity contribution < 1.29 is 0 Å². The fourth-order valence-corrected chi connectivity index (χ4v) is 3.96. The Morgan fingerprint density at radius 2 is 1.82 bits per heavy atom. The van der Waals surface area contributed by atoms with Gasteiger partial charge in [-0.15, -0.1) is 5.10 Å². The molecule has 4 rings (SSSR count). The molecule has 4 aromatic rings. The number of nitrogens with zero attached hydrogens (tertiary/aromatic N) is 6. The molecular formula is C21H25ClN6. The van der Waals surface area contributed by atoms with Gasteiger partial charge in [0.05, 0.1) is 10.4 Å². The Morgan fingerprint density at radius 1 is 1.07 bits per heavy atom. The highest BCUT2D eigenvalue weighted by atomic mass is 35.5. The van der Waals surface area contributed by atoms with E-state index >= 15 is 0 Å². The molecule has 7 heteroatoms. The van der Waals surface area contributed by atoms with Crippen LogP contribution in [0.15, 0.2) is 30.6 Å². The van der Waals surface area contributed by atoms with E-state index in [1.54, 1.807) is 10.8 Å². The Hall–Kier alpha value is -2.44. The maximum Gasteiger partial charge on any atom is 0.183 e. The second-order valence-corrected chi connectivity index (χ2v) is 7.42. The van der Waals surface area contributed by atoms with Crippen LogP contribution in [0.1, 0.15) is 25.1 Å². The third-order valence-electron chi connectivity index (χ3n) is 5.60. The lowest BCUT2D eigenvalue weighted by Gasteiger charge is -2.19. The van der Waals surface area contributed by atoms with Gasteiger partial charge < -0.3 is 9.47 Å². The normalized spacial score (nSPS) is 11.9. The van der Waals surface area contributed by atoms with Crippen molar-refractivity contribution >= 4 is 28.3 Å². The summed E-state index contributed by atoms with van der Waals surface area (Å²) in [6.07, 6.45) is 1.75. The zero-order valence-corrected chi connectivity index (χ0v) is 17.5. The van der Waals surface area contributed by atoms with E-state index in [0.717, 1.165) is 48.4 Å². The van der Waals surface area contributed by atoms with Gasteiger partial charge in [0.1, 0.15) is 12.0 Å². The molecule has 3 heterocycles. The highest BCUT2D eigenvalue weighted by Crippen LogP contribution is 2.30. The molecule has 0 spiro atoms. The number of aryl methyl sites for hydroxylation is 1. The summed E-state index contributed by atoms with van der Waals surface area (Å²) in [5.74, 6) is 0.618. The topological polar surface area (TPSA) is 51.2 Å². The standard InChI is InChI=1S/C21H25ClN6/c1-5-26(6-2)11-12-27-15(4)14(3)18-20(27)23-13-28-21(18)24-19(25-28)16-9-7-8-10-17(16)22/h7-10,13H,5-6,11-12H2,1-4H3. The van der Waals surface area contributed by atoms with E-state index in [-0.39, 0.29) is 0 Å². The SMILES string of the molecule is CCN(CC)CCn1c(C)c(C)c2c1ncn1nc(-c3ccccc3Cl)nc21. The summed E-state index contributed by atoms with van der Waals surface area (Å²) < 4.78 is 4.05. The van der Waals surface area contributed by atoms with Crippen molar-refractivity contribution in [3.8, 4) is 11.4 Å². The molecule has 0 fully saturated rings. The van der Waals surface area contributed by atoms with Gasteiger partial charge in [-0.25, -0.2) is 14.5 Å². The number of halogens is 1. The minimum Gasteiger partial charge on any atom is -0.328 e. The zero-order valence-electron chi connectivity index (χ0n) is 16.8. The summed E-state index contributed by atoms with van der Waals surface area (Å²) in [7, 11) is 0. The maximum absolute atomic E-state index is 6.35. The van der Waals surface area contributed by atoms with E-state index in [1.807, 2.05) is 24.3 Å². The first-order valence-corrected chi connectivity index (χ1v) is 10.1. The van der Waals surface area contributed by atoms with Crippen molar-refractivity contribution in [3.05, 3.63) is 46.9 Å². The highest BCUT2D eigenvalue weighted by molar-refractivity contribution is 6.33. The third kappa shape index (κ3) is 3.06. The first kappa shape index (κ1) is 18.9. The summed E-state index contributed by atoms with van der Waals surface area (Å²) >= 11 is 6.35. The molecular weight excluding hydrogens is 372 g/mol. The van der Waals surface area contributed by atoms with E-state index in [2.05, 4.69) is 42.3 Å². The van der Waals surface area contributed by atoms with Gasteiger partial charge in [-0.2, -0.15) is 0 Å². The quantitative estimate of drug-likeness (QED) is 0.486. The summed E-state index contributed by atoms with van der Waals surface area (Å²) in [5.41, 5.74) is 5.04. The number of likely N-dealkylation sites (N-methyl/N-ethyl adjacent to an activating group) is 1. The number of benzene rings is 1. The van der Waals surface area contributed by atoms with Crippen LogP contribution in [0.3, 0.4) is 0 Å². The lowest BCUT2D eigenvalue weighted by Crippen LogP contribution is -2.27. The molecule has 0 saturated carbocycles. The van der Waals surface area contributed by atoms with E-state index in [1.165, 1.54) is 11.3 Å². The molecule has 6 nitrogen and oxygen atoms in total. The van der Waals surface area contributed by atoms with Crippen LogP contribution in [0.5, 0.6) is 0 Å². The first-order chi connectivity index (χ1) is 13.5. The van der Waals surface area contributed by atoms with Crippen LogP contribution in [0.2, 0.25) is 5.02 Å². The lowest BCUT2D eigenvalue weighted by molar-refractivity contribution is 0.291. The second kappa shape index (κ2) is 7.53. The van der Waals surface area contributed by atoms with Crippen molar-refractivity contribution in [3.63, 3.8) is 0 Å². The van der Waals surface area contributed by atoms with Gasteiger partial charge in [0.25, 0.3) is 0 Å². The van der Waals surface area contributed by atoms with Gasteiger partial charge >= 0.3 is 0 Å². The van der Waals surface area contributed by atoms with E-state index in [0.29, 0.717) is 10.8 Å². The zero-order chi connectivity index (χ0) is 19.8. The number of rotatable bonds is 6. The summed E-state index contributed by atoms with van der Waals surface area (Å²) in [5, 5.41) is 6.32. The van der Waals surface area contributed by atoms with Crippen LogP contribution in [0, 0.1) is 13.8 Å². The smallest absolute Gasteiger partial charge is 0.183 e. The summed E-state index contributed by atoms with van der Waals surface area (Å²) in [4.78, 5) is 12.0. The Balaban J connectivity index is 1.84. The molecule has 0 aliphatic carbocycles. The molecule has 28 heavy (non-hydrogen) atoms. The average molecular weight is 397 g/mol. The fourth-order valence-electron chi connectivity index (χ4n) is 3.74. The minimum absolute atomic E-state index is 0.618. The molecule has 0 atom stereocenters. The molecule has 0 unspecified atom stereocenters. The Bertz CT molecular complexity index is 1140. The predicted molar refractivity (Wildman–Crippen MR) is 114 cm³/mol. The van der Waals surface area contributed by atoms with Crippen molar-refractivity contribution in [2.75, 3.05) is 19.6 Å². The first-order valence-electron chi connectivity index (χ1n) is 9.73. The minimum atomic E-state index is 0.618. The molecule has 0 bridgehead atoms. The van der Waals surface area contributed by atoms with Gasteiger partial charge in [0.15, 0.2) is 11.5 Å². The Morgan fingerprint density at radius 3 is 2.54 bits per heavy atom. The number of fused-ring (bicyclic) bond motifs is 3. The lowest BCUT2D eigenvalue weighted by atomic mass is 10.2. The molecule has 0 radical (unpaired) electrons. The molecule has 0 N–H and O–H groups in total. The summed E-state index contributed by atoms with van der Waals surface area (Å²) in [6, 6.07) is 7.65. The van der Waals surface area contributed by atoms with Crippen LogP contribution in [0.25, 0.3) is 28.1 Å². The van der Waals surface area contributed by atoms with Crippen LogP contribution < -0.4 is 0 Å². The van der Waals surface area contributed by atoms with Gasteiger partial charge in [-0.05, 0) is 44.6 Å². The average Bonchev–Trinajstić information content (AvgIpc) is 3.23. The predicted octanol–water partition coefficient (Wildman–Crippen LogP) is 4.36. The Labute approximate surface area is 169 Å². The highest BCUT2D eigenvalue weighted by Gasteiger charge is 2.19. The number of hydrogen-bond donors (Lipinski definition) is 0. The van der Waals surface area contributed by atoms with Crippen LogP contribution in [-0.2, 0) is 6.54 Å². The van der Waals surface area contributed by atoms with Gasteiger partial charge in [-0.3, -0.25) is 0 Å². The maximum atomic E-state index is 6.35. The molecule has 3 aromatic heterocycles. The summed E-state index contributed by atoms with van der Waals surface area (Å²) in [6.45, 7) is 12.7. The Kier molecular flexibility index (Phi) is 5.08. The van der Waals surface area contributed by atoms with E-state index in [9.17, 15) is 0 Å². The molecule has 0 saturated heterocycles. The van der Waals surface area contributed by atoms with Crippen molar-refractivity contribution in [1.82, 2.24) is 29.0 Å². The number of aromatic nitrogens is 5. The van der Waals surface area contributed by atoms with Gasteiger partial charge in [0, 0.05) is 24.3 Å². The molecule has 0 aliphatic rings. The van der Waals surface area contributed by atoms with Gasteiger partial charge in [-0.1, -0.05) is 37.6 Å². The fraction of sp³-hybridized carbons (Fsp3) is 0.381. The number of hydrogen-bond acceptors (Lipinski definition) is 4. The molecule has 0 aliphatic heterocycles. The molecule has 0 amide bonds. The largest absolute Gasteiger partial charge is 0.328 e. The monoisotopic (exact) mass is 396 g/mol. The molecule has 146 valence electrons. The van der Waals surface area contributed by atoms with Crippen LogP contribution in [-0.4, -0.2) is 48.7 Å². The van der Waals surface area contributed by atoms with Gasteiger partial charge in [0.2, 0.25) is 0 Å².